The van der Waals surface area contributed by atoms with Gasteiger partial charge >= 0.3 is 0 Å². The molecule has 9 heteroatoms. The SMILES string of the molecule is CN(C)[C@H]1CN(c2cc(F)c(-c3cnc(N4CCOCC4)nc3)cc2N)C[C@@H]1F. The van der Waals surface area contributed by atoms with Gasteiger partial charge in [0.25, 0.3) is 0 Å². The van der Waals surface area contributed by atoms with E-state index in [1.54, 1.807) is 23.4 Å². The molecule has 4 rings (SSSR count). The first-order chi connectivity index (χ1) is 13.9. The molecule has 2 aromatic rings. The quantitative estimate of drug-likeness (QED) is 0.779. The van der Waals surface area contributed by atoms with Crippen molar-refractivity contribution >= 4 is 17.3 Å². The second kappa shape index (κ2) is 8.08. The molecule has 0 aliphatic carbocycles. The predicted molar refractivity (Wildman–Crippen MR) is 109 cm³/mol. The van der Waals surface area contributed by atoms with Crippen LogP contribution in [0.4, 0.5) is 26.1 Å². The van der Waals surface area contributed by atoms with Gasteiger partial charge in [-0.2, -0.15) is 0 Å². The fourth-order valence-corrected chi connectivity index (χ4v) is 3.89. The lowest BCUT2D eigenvalue weighted by atomic mass is 10.1. The number of benzene rings is 1. The zero-order valence-electron chi connectivity index (χ0n) is 16.7. The first-order valence-electron chi connectivity index (χ1n) is 9.73. The molecular weight excluding hydrogens is 378 g/mol. The van der Waals surface area contributed by atoms with Crippen molar-refractivity contribution in [2.75, 3.05) is 69.0 Å². The van der Waals surface area contributed by atoms with Crippen molar-refractivity contribution in [3.8, 4) is 11.1 Å². The van der Waals surface area contributed by atoms with Gasteiger partial charge in [0.15, 0.2) is 0 Å². The third kappa shape index (κ3) is 3.97. The Morgan fingerprint density at radius 1 is 1.10 bits per heavy atom. The Kier molecular flexibility index (Phi) is 5.51. The second-order valence-electron chi connectivity index (χ2n) is 7.71. The summed E-state index contributed by atoms with van der Waals surface area (Å²) in [6.07, 6.45) is 2.20. The highest BCUT2D eigenvalue weighted by Crippen LogP contribution is 2.34. The van der Waals surface area contributed by atoms with Gasteiger partial charge in [0.2, 0.25) is 5.95 Å². The summed E-state index contributed by atoms with van der Waals surface area (Å²) in [4.78, 5) is 14.4. The van der Waals surface area contributed by atoms with E-state index in [-0.39, 0.29) is 12.6 Å². The van der Waals surface area contributed by atoms with Crippen LogP contribution < -0.4 is 15.5 Å². The standard InChI is InChI=1S/C20H26F2N6O/c1-26(2)19-12-28(11-16(19)22)18-8-15(21)14(7-17(18)23)13-9-24-20(25-10-13)27-3-5-29-6-4-27/h7-10,16,19H,3-6,11-12,23H2,1-2H3/t16-,19-/m0/s1. The molecule has 2 N–H and O–H groups in total. The number of hydrogen-bond donors (Lipinski definition) is 1. The normalized spacial score (nSPS) is 22.5. The summed E-state index contributed by atoms with van der Waals surface area (Å²) in [5.41, 5.74) is 8.02. The van der Waals surface area contributed by atoms with Crippen LogP contribution in [0.15, 0.2) is 24.5 Å². The van der Waals surface area contributed by atoms with E-state index in [4.69, 9.17) is 10.5 Å². The third-order valence-corrected chi connectivity index (χ3v) is 5.58. The largest absolute Gasteiger partial charge is 0.397 e. The maximum atomic E-state index is 14.9. The first-order valence-corrected chi connectivity index (χ1v) is 9.73. The van der Waals surface area contributed by atoms with Gasteiger partial charge in [-0.3, -0.25) is 0 Å². The highest BCUT2D eigenvalue weighted by atomic mass is 19.1. The highest BCUT2D eigenvalue weighted by molar-refractivity contribution is 5.77. The van der Waals surface area contributed by atoms with Gasteiger partial charge in [0.05, 0.1) is 37.2 Å². The number of aromatic nitrogens is 2. The molecule has 1 aromatic heterocycles. The Hall–Kier alpha value is -2.52. The number of nitrogens with zero attached hydrogens (tertiary/aromatic N) is 5. The molecule has 1 aromatic carbocycles. The molecule has 0 amide bonds. The number of nitrogens with two attached hydrogens (primary N) is 1. The number of ether oxygens (including phenoxy) is 1. The second-order valence-corrected chi connectivity index (χ2v) is 7.71. The van der Waals surface area contributed by atoms with E-state index in [0.717, 1.165) is 13.1 Å². The molecule has 0 unspecified atom stereocenters. The van der Waals surface area contributed by atoms with E-state index in [0.29, 0.717) is 48.2 Å². The van der Waals surface area contributed by atoms with E-state index in [2.05, 4.69) is 9.97 Å². The highest BCUT2D eigenvalue weighted by Gasteiger charge is 2.35. The summed E-state index contributed by atoms with van der Waals surface area (Å²) in [7, 11) is 3.68. The number of nitrogen functional groups attached to an aromatic ring is 1. The smallest absolute Gasteiger partial charge is 0.225 e. The molecule has 0 radical (unpaired) electrons. The van der Waals surface area contributed by atoms with Crippen LogP contribution in [0.5, 0.6) is 0 Å². The fraction of sp³-hybridized carbons (Fsp3) is 0.500. The van der Waals surface area contributed by atoms with Crippen molar-refractivity contribution in [2.45, 2.75) is 12.2 Å². The Labute approximate surface area is 169 Å². The Bertz CT molecular complexity index is 857. The van der Waals surface area contributed by atoms with E-state index < -0.39 is 12.0 Å². The van der Waals surface area contributed by atoms with Crippen LogP contribution in [-0.4, -0.2) is 80.6 Å². The van der Waals surface area contributed by atoms with Crippen molar-refractivity contribution in [3.63, 3.8) is 0 Å². The van der Waals surface area contributed by atoms with Gasteiger partial charge in [-0.25, -0.2) is 18.7 Å². The minimum absolute atomic E-state index is 0.198. The minimum Gasteiger partial charge on any atom is -0.397 e. The van der Waals surface area contributed by atoms with Crippen LogP contribution in [0.25, 0.3) is 11.1 Å². The summed E-state index contributed by atoms with van der Waals surface area (Å²) in [5, 5.41) is 0. The van der Waals surface area contributed by atoms with E-state index in [1.807, 2.05) is 23.9 Å². The molecule has 156 valence electrons. The average molecular weight is 404 g/mol. The third-order valence-electron chi connectivity index (χ3n) is 5.58. The molecule has 7 nitrogen and oxygen atoms in total. The number of halogens is 2. The lowest BCUT2D eigenvalue weighted by molar-refractivity contribution is 0.122. The molecule has 2 fully saturated rings. The van der Waals surface area contributed by atoms with Gasteiger partial charge in [-0.05, 0) is 26.2 Å². The zero-order chi connectivity index (χ0) is 20.5. The summed E-state index contributed by atoms with van der Waals surface area (Å²) >= 11 is 0. The Morgan fingerprint density at radius 2 is 1.79 bits per heavy atom. The van der Waals surface area contributed by atoms with Gasteiger partial charge in [-0.1, -0.05) is 0 Å². The first kappa shape index (κ1) is 19.8. The molecule has 0 bridgehead atoms. The molecule has 29 heavy (non-hydrogen) atoms. The van der Waals surface area contributed by atoms with Crippen molar-refractivity contribution in [1.29, 1.82) is 0 Å². The number of morpholine rings is 1. The summed E-state index contributed by atoms with van der Waals surface area (Å²) in [6.45, 7) is 3.41. The van der Waals surface area contributed by atoms with Crippen molar-refractivity contribution in [2.24, 2.45) is 0 Å². The predicted octanol–water partition coefficient (Wildman–Crippen LogP) is 1.79. The number of likely N-dealkylation sites (N-methyl/N-ethyl adjacent to an activating group) is 1. The lowest BCUT2D eigenvalue weighted by Crippen LogP contribution is -2.37. The molecule has 2 saturated heterocycles. The van der Waals surface area contributed by atoms with E-state index in [1.165, 1.54) is 6.07 Å². The van der Waals surface area contributed by atoms with Crippen molar-refractivity contribution in [3.05, 3.63) is 30.3 Å². The van der Waals surface area contributed by atoms with Gasteiger partial charge in [0, 0.05) is 43.2 Å². The number of hydrogen-bond acceptors (Lipinski definition) is 7. The summed E-state index contributed by atoms with van der Waals surface area (Å²) in [6, 6.07) is 2.72. The van der Waals surface area contributed by atoms with Crippen LogP contribution in [0.2, 0.25) is 0 Å². The molecule has 0 saturated carbocycles. The van der Waals surface area contributed by atoms with Crippen molar-refractivity contribution in [1.82, 2.24) is 14.9 Å². The molecule has 2 aliphatic rings. The molecule has 3 heterocycles. The van der Waals surface area contributed by atoms with E-state index in [9.17, 15) is 8.78 Å². The minimum atomic E-state index is -1.01. The van der Waals surface area contributed by atoms with Crippen LogP contribution in [0, 0.1) is 5.82 Å². The summed E-state index contributed by atoms with van der Waals surface area (Å²) in [5.74, 6) is 0.170. The molecule has 2 aliphatic heterocycles. The van der Waals surface area contributed by atoms with Crippen LogP contribution in [0.1, 0.15) is 0 Å². The zero-order valence-corrected chi connectivity index (χ0v) is 16.7. The van der Waals surface area contributed by atoms with Gasteiger partial charge in [-0.15, -0.1) is 0 Å². The van der Waals surface area contributed by atoms with Crippen LogP contribution in [0.3, 0.4) is 0 Å². The molecule has 0 spiro atoms. The lowest BCUT2D eigenvalue weighted by Gasteiger charge is -2.26. The Morgan fingerprint density at radius 3 is 2.41 bits per heavy atom. The van der Waals surface area contributed by atoms with Crippen LogP contribution in [-0.2, 0) is 4.74 Å². The summed E-state index contributed by atoms with van der Waals surface area (Å²) < 4.78 is 34.5. The number of alkyl halides is 1. The van der Waals surface area contributed by atoms with Gasteiger partial charge in [0.1, 0.15) is 12.0 Å². The van der Waals surface area contributed by atoms with Crippen molar-refractivity contribution < 1.29 is 13.5 Å². The average Bonchev–Trinajstić information content (AvgIpc) is 3.12. The maximum absolute atomic E-state index is 14.9. The molecule has 2 atom stereocenters. The number of anilines is 3. The van der Waals surface area contributed by atoms with E-state index >= 15 is 0 Å². The van der Waals surface area contributed by atoms with Gasteiger partial charge < -0.3 is 25.2 Å². The topological polar surface area (TPSA) is 70.8 Å². The Balaban J connectivity index is 1.56. The van der Waals surface area contributed by atoms with Crippen LogP contribution >= 0.6 is 0 Å². The maximum Gasteiger partial charge on any atom is 0.225 e. The number of rotatable bonds is 4. The molecular formula is C20H26F2N6O. The monoisotopic (exact) mass is 404 g/mol. The fourth-order valence-electron chi connectivity index (χ4n) is 3.89.